The Morgan fingerprint density at radius 3 is 2.79 bits per heavy atom. The van der Waals surface area contributed by atoms with Crippen LogP contribution >= 0.6 is 0 Å². The van der Waals surface area contributed by atoms with Gasteiger partial charge in [-0.3, -0.25) is 15.1 Å². The van der Waals surface area contributed by atoms with Gasteiger partial charge in [-0.25, -0.2) is 4.98 Å². The molecule has 0 radical (unpaired) electrons. The van der Waals surface area contributed by atoms with E-state index in [0.717, 1.165) is 17.0 Å². The van der Waals surface area contributed by atoms with Crippen molar-refractivity contribution in [3.63, 3.8) is 0 Å². The van der Waals surface area contributed by atoms with E-state index in [1.54, 1.807) is 19.2 Å². The SMILES string of the molecule is Cc1ccc([N+](=O)[O-])c(NCc2ncccc2C)n1. The number of rotatable bonds is 4. The summed E-state index contributed by atoms with van der Waals surface area (Å²) in [6, 6.07) is 6.87. The van der Waals surface area contributed by atoms with E-state index in [9.17, 15) is 10.1 Å². The molecule has 6 heteroatoms. The number of anilines is 1. The Labute approximate surface area is 110 Å². The van der Waals surface area contributed by atoms with Crippen LogP contribution in [-0.2, 0) is 6.54 Å². The quantitative estimate of drug-likeness (QED) is 0.673. The van der Waals surface area contributed by atoms with E-state index in [1.165, 1.54) is 6.07 Å². The van der Waals surface area contributed by atoms with Crippen molar-refractivity contribution >= 4 is 11.5 Å². The van der Waals surface area contributed by atoms with Crippen molar-refractivity contribution in [2.24, 2.45) is 0 Å². The van der Waals surface area contributed by atoms with Gasteiger partial charge in [0.2, 0.25) is 5.82 Å². The van der Waals surface area contributed by atoms with Crippen LogP contribution in [0.1, 0.15) is 17.0 Å². The van der Waals surface area contributed by atoms with Gasteiger partial charge in [0.15, 0.2) is 0 Å². The molecule has 19 heavy (non-hydrogen) atoms. The molecule has 2 rings (SSSR count). The highest BCUT2D eigenvalue weighted by Crippen LogP contribution is 2.22. The number of hydrogen-bond donors (Lipinski definition) is 1. The third kappa shape index (κ3) is 3.04. The third-order valence-corrected chi connectivity index (χ3v) is 2.75. The first-order valence-electron chi connectivity index (χ1n) is 5.84. The third-order valence-electron chi connectivity index (χ3n) is 2.75. The second-order valence-corrected chi connectivity index (χ2v) is 4.20. The van der Waals surface area contributed by atoms with Crippen LogP contribution in [0, 0.1) is 24.0 Å². The molecule has 0 atom stereocenters. The summed E-state index contributed by atoms with van der Waals surface area (Å²) in [5, 5.41) is 13.9. The van der Waals surface area contributed by atoms with Crippen LogP contribution in [0.25, 0.3) is 0 Å². The molecule has 2 aromatic heterocycles. The number of hydrogen-bond acceptors (Lipinski definition) is 5. The Morgan fingerprint density at radius 2 is 2.11 bits per heavy atom. The number of nitrogens with zero attached hydrogens (tertiary/aromatic N) is 3. The maximum Gasteiger partial charge on any atom is 0.311 e. The number of nitrogens with one attached hydrogen (secondary N) is 1. The minimum absolute atomic E-state index is 0.0285. The van der Waals surface area contributed by atoms with Crippen molar-refractivity contribution < 1.29 is 4.92 Å². The molecular formula is C13H14N4O2. The maximum absolute atomic E-state index is 10.9. The highest BCUT2D eigenvalue weighted by Gasteiger charge is 2.15. The Bertz CT molecular complexity index is 613. The van der Waals surface area contributed by atoms with Crippen LogP contribution in [0.15, 0.2) is 30.5 Å². The molecule has 1 N–H and O–H groups in total. The summed E-state index contributed by atoms with van der Waals surface area (Å²) in [4.78, 5) is 18.9. The Hall–Kier alpha value is -2.50. The fourth-order valence-electron chi connectivity index (χ4n) is 1.70. The number of nitro groups is 1. The summed E-state index contributed by atoms with van der Waals surface area (Å²) >= 11 is 0. The smallest absolute Gasteiger partial charge is 0.311 e. The summed E-state index contributed by atoms with van der Waals surface area (Å²) in [5.74, 6) is 0.273. The summed E-state index contributed by atoms with van der Waals surface area (Å²) in [7, 11) is 0. The molecule has 2 aromatic rings. The second-order valence-electron chi connectivity index (χ2n) is 4.20. The predicted molar refractivity (Wildman–Crippen MR) is 71.9 cm³/mol. The van der Waals surface area contributed by atoms with Crippen molar-refractivity contribution in [3.05, 3.63) is 57.5 Å². The number of aryl methyl sites for hydroxylation is 2. The van der Waals surface area contributed by atoms with E-state index < -0.39 is 4.92 Å². The summed E-state index contributed by atoms with van der Waals surface area (Å²) in [6.45, 7) is 4.15. The largest absolute Gasteiger partial charge is 0.359 e. The minimum atomic E-state index is -0.444. The summed E-state index contributed by atoms with van der Waals surface area (Å²) < 4.78 is 0. The van der Waals surface area contributed by atoms with E-state index >= 15 is 0 Å². The summed E-state index contributed by atoms with van der Waals surface area (Å²) in [6.07, 6.45) is 1.70. The molecular weight excluding hydrogens is 244 g/mol. The lowest BCUT2D eigenvalue weighted by atomic mass is 10.2. The first kappa shape index (κ1) is 12.9. The molecule has 0 aliphatic heterocycles. The molecule has 0 saturated heterocycles. The van der Waals surface area contributed by atoms with E-state index in [0.29, 0.717) is 6.54 Å². The Kier molecular flexibility index (Phi) is 3.70. The van der Waals surface area contributed by atoms with Gasteiger partial charge < -0.3 is 5.32 Å². The van der Waals surface area contributed by atoms with Gasteiger partial charge in [-0.2, -0.15) is 0 Å². The number of pyridine rings is 2. The van der Waals surface area contributed by atoms with Gasteiger partial charge in [-0.1, -0.05) is 6.07 Å². The average Bonchev–Trinajstić information content (AvgIpc) is 2.37. The number of aromatic nitrogens is 2. The molecule has 0 fully saturated rings. The maximum atomic E-state index is 10.9. The van der Waals surface area contributed by atoms with Crippen LogP contribution < -0.4 is 5.32 Å². The monoisotopic (exact) mass is 258 g/mol. The van der Waals surface area contributed by atoms with Gasteiger partial charge in [-0.05, 0) is 31.5 Å². The molecule has 2 heterocycles. The molecule has 0 unspecified atom stereocenters. The van der Waals surface area contributed by atoms with Crippen LogP contribution in [0.2, 0.25) is 0 Å². The fourth-order valence-corrected chi connectivity index (χ4v) is 1.70. The Balaban J connectivity index is 2.22. The molecule has 0 amide bonds. The molecule has 0 spiro atoms. The van der Waals surface area contributed by atoms with Gasteiger partial charge in [0.25, 0.3) is 0 Å². The zero-order chi connectivity index (χ0) is 13.8. The highest BCUT2D eigenvalue weighted by molar-refractivity contribution is 5.56. The first-order chi connectivity index (χ1) is 9.08. The van der Waals surface area contributed by atoms with E-state index in [2.05, 4.69) is 15.3 Å². The second kappa shape index (κ2) is 5.43. The van der Waals surface area contributed by atoms with E-state index in [4.69, 9.17) is 0 Å². The lowest BCUT2D eigenvalue weighted by Gasteiger charge is -2.08. The fraction of sp³-hybridized carbons (Fsp3) is 0.231. The van der Waals surface area contributed by atoms with Crippen molar-refractivity contribution in [2.75, 3.05) is 5.32 Å². The van der Waals surface area contributed by atoms with Gasteiger partial charge in [-0.15, -0.1) is 0 Å². The van der Waals surface area contributed by atoms with Gasteiger partial charge >= 0.3 is 5.69 Å². The molecule has 0 saturated carbocycles. The van der Waals surface area contributed by atoms with Crippen LogP contribution in [0.4, 0.5) is 11.5 Å². The minimum Gasteiger partial charge on any atom is -0.359 e. The van der Waals surface area contributed by atoms with Crippen LogP contribution in [0.3, 0.4) is 0 Å². The van der Waals surface area contributed by atoms with E-state index in [1.807, 2.05) is 19.1 Å². The molecule has 98 valence electrons. The van der Waals surface area contributed by atoms with Gasteiger partial charge in [0.05, 0.1) is 17.2 Å². The normalized spacial score (nSPS) is 10.2. The first-order valence-corrected chi connectivity index (χ1v) is 5.84. The molecule has 0 bridgehead atoms. The van der Waals surface area contributed by atoms with Crippen molar-refractivity contribution in [1.29, 1.82) is 0 Å². The molecule has 0 aromatic carbocycles. The molecule has 0 aliphatic rings. The standard InChI is InChI=1S/C13H14N4O2/c1-9-4-3-7-14-11(9)8-15-13-12(17(18)19)6-5-10(2)16-13/h3-7H,8H2,1-2H3,(H,15,16). The van der Waals surface area contributed by atoms with Crippen LogP contribution in [-0.4, -0.2) is 14.9 Å². The predicted octanol–water partition coefficient (Wildman–Crippen LogP) is 2.61. The van der Waals surface area contributed by atoms with Gasteiger partial charge in [0.1, 0.15) is 0 Å². The average molecular weight is 258 g/mol. The van der Waals surface area contributed by atoms with E-state index in [-0.39, 0.29) is 11.5 Å². The van der Waals surface area contributed by atoms with Gasteiger partial charge in [0, 0.05) is 18.0 Å². The van der Waals surface area contributed by atoms with Crippen LogP contribution in [0.5, 0.6) is 0 Å². The Morgan fingerprint density at radius 1 is 1.32 bits per heavy atom. The lowest BCUT2D eigenvalue weighted by molar-refractivity contribution is -0.384. The topological polar surface area (TPSA) is 81.0 Å². The summed E-state index contributed by atoms with van der Waals surface area (Å²) in [5.41, 5.74) is 2.58. The van der Waals surface area contributed by atoms with Crippen molar-refractivity contribution in [2.45, 2.75) is 20.4 Å². The zero-order valence-electron chi connectivity index (χ0n) is 10.8. The van der Waals surface area contributed by atoms with Crippen molar-refractivity contribution in [3.8, 4) is 0 Å². The van der Waals surface area contributed by atoms with Crippen molar-refractivity contribution in [1.82, 2.24) is 9.97 Å². The lowest BCUT2D eigenvalue weighted by Crippen LogP contribution is -2.07. The molecule has 0 aliphatic carbocycles. The zero-order valence-corrected chi connectivity index (χ0v) is 10.8. The highest BCUT2D eigenvalue weighted by atomic mass is 16.6. The molecule has 6 nitrogen and oxygen atoms in total.